The highest BCUT2D eigenvalue weighted by molar-refractivity contribution is 5.82. The lowest BCUT2D eigenvalue weighted by molar-refractivity contribution is 0.415. The third kappa shape index (κ3) is 2.01. The van der Waals surface area contributed by atoms with Gasteiger partial charge in [0, 0.05) is 11.8 Å². The third-order valence-electron chi connectivity index (χ3n) is 3.53. The van der Waals surface area contributed by atoms with E-state index < -0.39 is 0 Å². The number of methoxy groups -OCH3 is 1. The Morgan fingerprint density at radius 1 is 1.09 bits per heavy atom. The van der Waals surface area contributed by atoms with Crippen molar-refractivity contribution in [2.75, 3.05) is 7.11 Å². The van der Waals surface area contributed by atoms with E-state index in [1.807, 2.05) is 36.4 Å². The molecule has 0 spiro atoms. The molecular weight excluding hydrogens is 278 g/mol. The SMILES string of the molecule is COc1ccc(-c2[nH]ncc2-c2nc3ncccc3[nH]2)cc1. The van der Waals surface area contributed by atoms with Crippen LogP contribution >= 0.6 is 0 Å². The van der Waals surface area contributed by atoms with Crippen LogP contribution in [0, 0.1) is 0 Å². The first-order valence-electron chi connectivity index (χ1n) is 6.84. The van der Waals surface area contributed by atoms with Gasteiger partial charge < -0.3 is 9.72 Å². The Morgan fingerprint density at radius 2 is 1.95 bits per heavy atom. The molecule has 0 atom stereocenters. The number of rotatable bonds is 3. The second-order valence-corrected chi connectivity index (χ2v) is 4.85. The molecule has 4 aromatic rings. The van der Waals surface area contributed by atoms with Crippen LogP contribution in [0.1, 0.15) is 0 Å². The van der Waals surface area contributed by atoms with Gasteiger partial charge in [-0.3, -0.25) is 5.10 Å². The lowest BCUT2D eigenvalue weighted by Gasteiger charge is -2.03. The van der Waals surface area contributed by atoms with Crippen molar-refractivity contribution in [1.82, 2.24) is 25.1 Å². The van der Waals surface area contributed by atoms with Gasteiger partial charge in [0.15, 0.2) is 5.65 Å². The molecule has 0 radical (unpaired) electrons. The van der Waals surface area contributed by atoms with Gasteiger partial charge in [0.2, 0.25) is 0 Å². The molecular formula is C16H13N5O. The van der Waals surface area contributed by atoms with Gasteiger partial charge in [-0.05, 0) is 36.4 Å². The van der Waals surface area contributed by atoms with E-state index in [0.717, 1.165) is 33.9 Å². The first-order chi connectivity index (χ1) is 10.8. The van der Waals surface area contributed by atoms with E-state index in [1.165, 1.54) is 0 Å². The van der Waals surface area contributed by atoms with Crippen molar-refractivity contribution in [3.8, 4) is 28.4 Å². The van der Waals surface area contributed by atoms with Crippen LogP contribution in [0.2, 0.25) is 0 Å². The number of benzene rings is 1. The van der Waals surface area contributed by atoms with Gasteiger partial charge in [0.1, 0.15) is 11.6 Å². The smallest absolute Gasteiger partial charge is 0.178 e. The number of H-pyrrole nitrogens is 2. The quantitative estimate of drug-likeness (QED) is 0.608. The maximum Gasteiger partial charge on any atom is 0.178 e. The summed E-state index contributed by atoms with van der Waals surface area (Å²) in [6.45, 7) is 0. The Labute approximate surface area is 126 Å². The topological polar surface area (TPSA) is 79.5 Å². The van der Waals surface area contributed by atoms with Crippen molar-refractivity contribution >= 4 is 11.2 Å². The number of pyridine rings is 1. The predicted octanol–water partition coefficient (Wildman–Crippen LogP) is 3.02. The Morgan fingerprint density at radius 3 is 2.73 bits per heavy atom. The number of ether oxygens (including phenoxy) is 1. The van der Waals surface area contributed by atoms with Crippen LogP contribution in [0.4, 0.5) is 0 Å². The van der Waals surface area contributed by atoms with Gasteiger partial charge in [-0.2, -0.15) is 5.10 Å². The summed E-state index contributed by atoms with van der Waals surface area (Å²) in [5, 5.41) is 7.18. The standard InChI is InChI=1S/C16H13N5O/c1-22-11-6-4-10(5-7-11)14-12(9-18-21-14)15-19-13-3-2-8-17-16(13)20-15/h2-9H,1H3,(H,18,21)(H,17,19,20). The fourth-order valence-electron chi connectivity index (χ4n) is 2.42. The van der Waals surface area contributed by atoms with Crippen molar-refractivity contribution in [1.29, 1.82) is 0 Å². The number of imidazole rings is 1. The summed E-state index contributed by atoms with van der Waals surface area (Å²) in [5.41, 5.74) is 4.42. The molecule has 108 valence electrons. The normalized spacial score (nSPS) is 11.0. The monoisotopic (exact) mass is 291 g/mol. The number of nitrogens with one attached hydrogen (secondary N) is 2. The Balaban J connectivity index is 1.81. The minimum absolute atomic E-state index is 0.694. The van der Waals surface area contributed by atoms with Gasteiger partial charge in [0.05, 0.1) is 30.1 Å². The number of hydrogen-bond acceptors (Lipinski definition) is 4. The Hall–Kier alpha value is -3.15. The maximum atomic E-state index is 5.19. The molecule has 0 aliphatic heterocycles. The minimum Gasteiger partial charge on any atom is -0.497 e. The van der Waals surface area contributed by atoms with Gasteiger partial charge in [-0.15, -0.1) is 0 Å². The summed E-state index contributed by atoms with van der Waals surface area (Å²) in [6.07, 6.45) is 3.49. The zero-order chi connectivity index (χ0) is 14.9. The molecule has 6 heteroatoms. The van der Waals surface area contributed by atoms with Crippen LogP contribution in [0.5, 0.6) is 5.75 Å². The molecule has 0 unspecified atom stereocenters. The van der Waals surface area contributed by atoms with E-state index in [0.29, 0.717) is 5.65 Å². The van der Waals surface area contributed by atoms with Crippen molar-refractivity contribution in [2.24, 2.45) is 0 Å². The third-order valence-corrected chi connectivity index (χ3v) is 3.53. The molecule has 0 saturated heterocycles. The van der Waals surface area contributed by atoms with Crippen LogP contribution in [-0.2, 0) is 0 Å². The number of fused-ring (bicyclic) bond motifs is 1. The van der Waals surface area contributed by atoms with Crippen LogP contribution in [0.25, 0.3) is 33.8 Å². The van der Waals surface area contributed by atoms with E-state index in [-0.39, 0.29) is 0 Å². The highest BCUT2D eigenvalue weighted by atomic mass is 16.5. The van der Waals surface area contributed by atoms with Crippen molar-refractivity contribution in [3.63, 3.8) is 0 Å². The summed E-state index contributed by atoms with van der Waals surface area (Å²) in [7, 11) is 1.65. The number of aromatic amines is 2. The zero-order valence-corrected chi connectivity index (χ0v) is 11.9. The molecule has 2 N–H and O–H groups in total. The van der Waals surface area contributed by atoms with Crippen molar-refractivity contribution in [3.05, 3.63) is 48.8 Å². The summed E-state index contributed by atoms with van der Waals surface area (Å²) < 4.78 is 5.19. The molecule has 3 heterocycles. The lowest BCUT2D eigenvalue weighted by atomic mass is 10.1. The van der Waals surface area contributed by atoms with Crippen molar-refractivity contribution in [2.45, 2.75) is 0 Å². The van der Waals surface area contributed by atoms with E-state index in [4.69, 9.17) is 4.74 Å². The minimum atomic E-state index is 0.694. The summed E-state index contributed by atoms with van der Waals surface area (Å²) >= 11 is 0. The highest BCUT2D eigenvalue weighted by Gasteiger charge is 2.14. The van der Waals surface area contributed by atoms with Gasteiger partial charge in [-0.25, -0.2) is 9.97 Å². The molecule has 6 nitrogen and oxygen atoms in total. The molecule has 0 fully saturated rings. The number of nitrogens with zero attached hydrogens (tertiary/aromatic N) is 3. The molecule has 0 aliphatic carbocycles. The van der Waals surface area contributed by atoms with E-state index in [2.05, 4.69) is 25.1 Å². The first-order valence-corrected chi connectivity index (χ1v) is 6.84. The maximum absolute atomic E-state index is 5.19. The van der Waals surface area contributed by atoms with E-state index in [9.17, 15) is 0 Å². The summed E-state index contributed by atoms with van der Waals surface area (Å²) in [4.78, 5) is 12.0. The average molecular weight is 291 g/mol. The first kappa shape index (κ1) is 12.6. The number of hydrogen-bond donors (Lipinski definition) is 2. The van der Waals surface area contributed by atoms with Gasteiger partial charge in [-0.1, -0.05) is 0 Å². The fourth-order valence-corrected chi connectivity index (χ4v) is 2.42. The molecule has 3 aromatic heterocycles. The highest BCUT2D eigenvalue weighted by Crippen LogP contribution is 2.30. The number of aromatic nitrogens is 5. The second-order valence-electron chi connectivity index (χ2n) is 4.85. The lowest BCUT2D eigenvalue weighted by Crippen LogP contribution is -1.86. The molecule has 0 saturated carbocycles. The Bertz CT molecular complexity index is 890. The fraction of sp³-hybridized carbons (Fsp3) is 0.0625. The summed E-state index contributed by atoms with van der Waals surface area (Å²) in [6, 6.07) is 11.6. The molecule has 22 heavy (non-hydrogen) atoms. The molecule has 1 aromatic carbocycles. The van der Waals surface area contributed by atoms with Crippen LogP contribution in [0.3, 0.4) is 0 Å². The van der Waals surface area contributed by atoms with E-state index in [1.54, 1.807) is 19.5 Å². The molecule has 0 amide bonds. The zero-order valence-electron chi connectivity index (χ0n) is 11.9. The summed E-state index contributed by atoms with van der Waals surface area (Å²) in [5.74, 6) is 1.56. The molecule has 0 aliphatic rings. The van der Waals surface area contributed by atoms with Crippen molar-refractivity contribution < 1.29 is 4.74 Å². The largest absolute Gasteiger partial charge is 0.497 e. The molecule has 4 rings (SSSR count). The molecule has 0 bridgehead atoms. The van der Waals surface area contributed by atoms with Gasteiger partial charge >= 0.3 is 0 Å². The predicted molar refractivity (Wildman–Crippen MR) is 83.5 cm³/mol. The van der Waals surface area contributed by atoms with Crippen LogP contribution < -0.4 is 4.74 Å². The van der Waals surface area contributed by atoms with Gasteiger partial charge in [0.25, 0.3) is 0 Å². The second kappa shape index (κ2) is 5.00. The van der Waals surface area contributed by atoms with Crippen LogP contribution in [-0.4, -0.2) is 32.3 Å². The average Bonchev–Trinajstić information content (AvgIpc) is 3.21. The Kier molecular flexibility index (Phi) is 2.86. The van der Waals surface area contributed by atoms with E-state index >= 15 is 0 Å². The van der Waals surface area contributed by atoms with Crippen LogP contribution in [0.15, 0.2) is 48.8 Å².